The highest BCUT2D eigenvalue weighted by atomic mass is 35.5. The lowest BCUT2D eigenvalue weighted by Crippen LogP contribution is -2.30. The Morgan fingerprint density at radius 1 is 1.50 bits per heavy atom. The van der Waals surface area contributed by atoms with Crippen LogP contribution in [0, 0.1) is 0 Å². The second-order valence-corrected chi connectivity index (χ2v) is 4.42. The average molecular weight is 272 g/mol. The number of carbonyl (C=O) groups is 1. The van der Waals surface area contributed by atoms with E-state index in [2.05, 4.69) is 5.32 Å². The molecule has 1 aromatic carbocycles. The molecule has 4 nitrogen and oxygen atoms in total. The molecule has 2 N–H and O–H groups in total. The number of ether oxygens (including phenoxy) is 1. The van der Waals surface area contributed by atoms with Gasteiger partial charge in [-0.3, -0.25) is 0 Å². The molecule has 100 valence electrons. The maximum Gasteiger partial charge on any atom is 0.407 e. The highest BCUT2D eigenvalue weighted by molar-refractivity contribution is 6.31. The number of carbonyl (C=O) groups excluding carboxylic acids is 1. The highest BCUT2D eigenvalue weighted by Gasteiger charge is 2.23. The summed E-state index contributed by atoms with van der Waals surface area (Å²) in [4.78, 5) is 11.5. The van der Waals surface area contributed by atoms with Crippen molar-refractivity contribution >= 4 is 17.7 Å². The highest BCUT2D eigenvalue weighted by Crippen LogP contribution is 2.28. The van der Waals surface area contributed by atoms with E-state index in [0.717, 1.165) is 6.42 Å². The molecule has 0 aromatic heterocycles. The molecule has 1 rings (SSSR count). The average Bonchev–Trinajstić information content (AvgIpc) is 2.34. The Kier molecular flexibility index (Phi) is 5.95. The van der Waals surface area contributed by atoms with Crippen LogP contribution in [0.3, 0.4) is 0 Å². The van der Waals surface area contributed by atoms with E-state index in [1.165, 1.54) is 0 Å². The molecule has 1 aromatic rings. The van der Waals surface area contributed by atoms with E-state index in [0.29, 0.717) is 17.1 Å². The van der Waals surface area contributed by atoms with Crippen molar-refractivity contribution in [3.05, 3.63) is 34.9 Å². The molecule has 0 radical (unpaired) electrons. The summed E-state index contributed by atoms with van der Waals surface area (Å²) in [5.74, 6) is 0. The summed E-state index contributed by atoms with van der Waals surface area (Å²) in [6, 6.07) is 6.98. The maximum absolute atomic E-state index is 11.5. The van der Waals surface area contributed by atoms with Gasteiger partial charge >= 0.3 is 6.09 Å². The van der Waals surface area contributed by atoms with Crippen LogP contribution in [0.25, 0.3) is 0 Å². The van der Waals surface area contributed by atoms with Gasteiger partial charge in [0, 0.05) is 17.1 Å². The number of hydrogen-bond acceptors (Lipinski definition) is 3. The molecule has 0 aliphatic heterocycles. The molecule has 0 heterocycles. The first-order valence-corrected chi connectivity index (χ1v) is 6.31. The van der Waals surface area contributed by atoms with Crippen molar-refractivity contribution in [1.82, 2.24) is 5.32 Å². The smallest absolute Gasteiger partial charge is 0.407 e. The summed E-state index contributed by atoms with van der Waals surface area (Å²) in [5.41, 5.74) is 0.598. The summed E-state index contributed by atoms with van der Waals surface area (Å²) in [5, 5.41) is 12.8. The van der Waals surface area contributed by atoms with Crippen LogP contribution in [0.4, 0.5) is 4.79 Å². The van der Waals surface area contributed by atoms with Crippen LogP contribution in [0.15, 0.2) is 24.3 Å². The number of alkyl carbamates (subject to hydrolysis) is 1. The van der Waals surface area contributed by atoms with Gasteiger partial charge in [-0.2, -0.15) is 0 Å². The van der Waals surface area contributed by atoms with Crippen molar-refractivity contribution in [2.75, 3.05) is 6.54 Å². The van der Waals surface area contributed by atoms with Gasteiger partial charge in [-0.25, -0.2) is 4.79 Å². The number of hydrogen-bond donors (Lipinski definition) is 2. The second-order valence-electron chi connectivity index (χ2n) is 4.01. The lowest BCUT2D eigenvalue weighted by Gasteiger charge is -2.22. The molecule has 0 saturated heterocycles. The predicted molar refractivity (Wildman–Crippen MR) is 70.6 cm³/mol. The fraction of sp³-hybridized carbons (Fsp3) is 0.462. The number of rotatable bonds is 5. The summed E-state index contributed by atoms with van der Waals surface area (Å²) in [7, 11) is 0. The zero-order valence-electron chi connectivity index (χ0n) is 10.5. The number of aliphatic hydroxyl groups excluding tert-OH is 1. The lowest BCUT2D eigenvalue weighted by molar-refractivity contribution is 0.0108. The maximum atomic E-state index is 11.5. The molecular formula is C13H18ClNO3. The van der Waals surface area contributed by atoms with Crippen molar-refractivity contribution in [3.63, 3.8) is 0 Å². The zero-order chi connectivity index (χ0) is 13.5. The van der Waals surface area contributed by atoms with Crippen molar-refractivity contribution in [1.29, 1.82) is 0 Å². The van der Waals surface area contributed by atoms with Crippen molar-refractivity contribution in [2.24, 2.45) is 0 Å². The van der Waals surface area contributed by atoms with E-state index in [1.54, 1.807) is 31.2 Å². The normalized spacial score (nSPS) is 13.8. The number of aliphatic hydroxyl groups is 1. The third-order valence-corrected chi connectivity index (χ3v) is 2.75. The fourth-order valence-corrected chi connectivity index (χ4v) is 1.75. The molecule has 0 bridgehead atoms. The minimum absolute atomic E-state index is 0.465. The summed E-state index contributed by atoms with van der Waals surface area (Å²) >= 11 is 6.03. The van der Waals surface area contributed by atoms with Crippen LogP contribution in [0.2, 0.25) is 5.02 Å². The summed E-state index contributed by atoms with van der Waals surface area (Å²) in [6.45, 7) is 4.04. The van der Waals surface area contributed by atoms with E-state index >= 15 is 0 Å². The number of nitrogens with one attached hydrogen (secondary N) is 1. The molecule has 2 atom stereocenters. The van der Waals surface area contributed by atoms with Gasteiger partial charge in [-0.1, -0.05) is 36.7 Å². The molecule has 0 aliphatic rings. The van der Waals surface area contributed by atoms with Gasteiger partial charge in [0.1, 0.15) is 0 Å². The molecule has 1 unspecified atom stereocenters. The van der Waals surface area contributed by atoms with E-state index in [9.17, 15) is 9.90 Å². The molecule has 0 spiro atoms. The fourth-order valence-electron chi connectivity index (χ4n) is 1.51. The minimum Gasteiger partial charge on any atom is -0.439 e. The Hall–Kier alpha value is -1.26. The van der Waals surface area contributed by atoms with Gasteiger partial charge in [-0.05, 0) is 19.4 Å². The molecule has 0 saturated carbocycles. The topological polar surface area (TPSA) is 58.6 Å². The summed E-state index contributed by atoms with van der Waals surface area (Å²) < 4.78 is 5.20. The largest absolute Gasteiger partial charge is 0.439 e. The Balaban J connectivity index is 2.78. The molecule has 0 fully saturated rings. The first-order chi connectivity index (χ1) is 8.56. The predicted octanol–water partition coefficient (Wildman–Crippen LogP) is 2.90. The van der Waals surface area contributed by atoms with Crippen LogP contribution in [-0.2, 0) is 4.74 Å². The van der Waals surface area contributed by atoms with Gasteiger partial charge in [0.15, 0.2) is 6.10 Å². The third-order valence-electron chi connectivity index (χ3n) is 2.40. The minimum atomic E-state index is -0.836. The van der Waals surface area contributed by atoms with Crippen LogP contribution >= 0.6 is 11.6 Å². The molecule has 0 aliphatic carbocycles. The van der Waals surface area contributed by atoms with Crippen molar-refractivity contribution < 1.29 is 14.6 Å². The standard InChI is InChI=1S/C13H18ClNO3/c1-3-8-15-13(17)18-12(9(2)16)10-6-4-5-7-11(10)14/h4-7,9,12,16H,3,8H2,1-2H3,(H,15,17)/t9?,12-/m0/s1. The van der Waals surface area contributed by atoms with Crippen LogP contribution < -0.4 is 5.32 Å². The van der Waals surface area contributed by atoms with E-state index in [1.807, 2.05) is 6.92 Å². The van der Waals surface area contributed by atoms with Gasteiger partial charge in [0.05, 0.1) is 6.10 Å². The van der Waals surface area contributed by atoms with Crippen LogP contribution in [0.1, 0.15) is 31.9 Å². The van der Waals surface area contributed by atoms with Crippen LogP contribution in [0.5, 0.6) is 0 Å². The molecule has 1 amide bonds. The molecule has 5 heteroatoms. The van der Waals surface area contributed by atoms with Crippen molar-refractivity contribution in [3.8, 4) is 0 Å². The van der Waals surface area contributed by atoms with Gasteiger partial charge < -0.3 is 15.2 Å². The SMILES string of the molecule is CCCNC(=O)O[C@H](c1ccccc1Cl)C(C)O. The Labute approximate surface area is 112 Å². The van der Waals surface area contributed by atoms with Gasteiger partial charge in [0.2, 0.25) is 0 Å². The van der Waals surface area contributed by atoms with Gasteiger partial charge in [-0.15, -0.1) is 0 Å². The van der Waals surface area contributed by atoms with E-state index < -0.39 is 18.3 Å². The Morgan fingerprint density at radius 2 is 2.17 bits per heavy atom. The van der Waals surface area contributed by atoms with E-state index in [-0.39, 0.29) is 0 Å². The number of halogens is 1. The van der Waals surface area contributed by atoms with Gasteiger partial charge in [0.25, 0.3) is 0 Å². The third kappa shape index (κ3) is 4.20. The number of amides is 1. The molecular weight excluding hydrogens is 254 g/mol. The summed E-state index contributed by atoms with van der Waals surface area (Å²) in [6.07, 6.45) is -1.34. The first kappa shape index (κ1) is 14.8. The number of benzene rings is 1. The second kappa shape index (κ2) is 7.24. The van der Waals surface area contributed by atoms with E-state index in [4.69, 9.17) is 16.3 Å². The first-order valence-electron chi connectivity index (χ1n) is 5.93. The van der Waals surface area contributed by atoms with Crippen molar-refractivity contribution in [2.45, 2.75) is 32.5 Å². The monoisotopic (exact) mass is 271 g/mol. The Morgan fingerprint density at radius 3 is 2.72 bits per heavy atom. The lowest BCUT2D eigenvalue weighted by atomic mass is 10.1. The van der Waals surface area contributed by atoms with Crippen LogP contribution in [-0.4, -0.2) is 23.8 Å². The quantitative estimate of drug-likeness (QED) is 0.866. The zero-order valence-corrected chi connectivity index (χ0v) is 11.3. The molecule has 18 heavy (non-hydrogen) atoms. The Bertz CT molecular complexity index is 396.